The number of aromatic nitrogens is 1. The predicted octanol–water partition coefficient (Wildman–Crippen LogP) is 3.73. The molecular weight excluding hydrogens is 316 g/mol. The van der Waals surface area contributed by atoms with Crippen LogP contribution in [-0.2, 0) is 11.2 Å². The van der Waals surface area contributed by atoms with E-state index in [2.05, 4.69) is 10.5 Å². The molecule has 0 aliphatic rings. The first-order valence-corrected chi connectivity index (χ1v) is 8.33. The van der Waals surface area contributed by atoms with Gasteiger partial charge in [0.1, 0.15) is 10.8 Å². The van der Waals surface area contributed by atoms with E-state index in [0.29, 0.717) is 16.3 Å². The highest BCUT2D eigenvalue weighted by Gasteiger charge is 2.23. The molecule has 0 radical (unpaired) electrons. The van der Waals surface area contributed by atoms with Gasteiger partial charge < -0.3 is 14.6 Å². The minimum Gasteiger partial charge on any atom is -0.462 e. The Morgan fingerprint density at radius 1 is 1.35 bits per heavy atom. The van der Waals surface area contributed by atoms with Crippen LogP contribution < -0.4 is 5.32 Å². The van der Waals surface area contributed by atoms with Crippen LogP contribution in [-0.4, -0.2) is 23.6 Å². The molecule has 2 rings (SSSR count). The zero-order valence-electron chi connectivity index (χ0n) is 13.7. The molecule has 1 N–H and O–H groups in total. The fourth-order valence-corrected chi connectivity index (χ4v) is 3.16. The topological polar surface area (TPSA) is 81.4 Å². The molecule has 7 heteroatoms. The fraction of sp³-hybridized carbons (Fsp3) is 0.438. The highest BCUT2D eigenvalue weighted by atomic mass is 32.1. The van der Waals surface area contributed by atoms with Crippen LogP contribution in [0.25, 0.3) is 0 Å². The Labute approximate surface area is 138 Å². The van der Waals surface area contributed by atoms with E-state index in [0.717, 1.165) is 23.3 Å². The molecule has 0 aromatic carbocycles. The van der Waals surface area contributed by atoms with Crippen LogP contribution >= 0.6 is 11.3 Å². The van der Waals surface area contributed by atoms with Crippen LogP contribution in [0.15, 0.2) is 10.6 Å². The lowest BCUT2D eigenvalue weighted by molar-refractivity contribution is 0.0527. The Morgan fingerprint density at radius 2 is 2.09 bits per heavy atom. The summed E-state index contributed by atoms with van der Waals surface area (Å²) >= 11 is 1.34. The highest BCUT2D eigenvalue weighted by molar-refractivity contribution is 7.16. The standard InChI is InChI=1S/C16H20N2O4S/c1-5-7-11-8-12(18-22-11)14(19)17-15-13(16(20)21-6-2)9(3)10(4)23-15/h8H,5-7H2,1-4H3,(H,17,19). The molecular formula is C16H20N2O4S. The van der Waals surface area contributed by atoms with Gasteiger partial charge in [0.25, 0.3) is 5.91 Å². The lowest BCUT2D eigenvalue weighted by atomic mass is 10.1. The van der Waals surface area contributed by atoms with Crippen LogP contribution in [0.5, 0.6) is 0 Å². The van der Waals surface area contributed by atoms with Crippen molar-refractivity contribution in [3.8, 4) is 0 Å². The highest BCUT2D eigenvalue weighted by Crippen LogP contribution is 2.33. The van der Waals surface area contributed by atoms with Crippen molar-refractivity contribution in [2.75, 3.05) is 11.9 Å². The first-order valence-electron chi connectivity index (χ1n) is 7.51. The second kappa shape index (κ2) is 7.41. The first kappa shape index (κ1) is 17.2. The molecule has 0 aliphatic heterocycles. The van der Waals surface area contributed by atoms with Crippen molar-refractivity contribution in [2.45, 2.75) is 40.5 Å². The largest absolute Gasteiger partial charge is 0.462 e. The SMILES string of the molecule is CCCc1cc(C(=O)Nc2sc(C)c(C)c2C(=O)OCC)no1. The third-order valence-electron chi connectivity index (χ3n) is 3.38. The molecule has 0 unspecified atom stereocenters. The zero-order chi connectivity index (χ0) is 17.0. The lowest BCUT2D eigenvalue weighted by Crippen LogP contribution is -2.15. The number of hydrogen-bond donors (Lipinski definition) is 1. The average Bonchev–Trinajstić information content (AvgIpc) is 3.06. The van der Waals surface area contributed by atoms with E-state index in [-0.39, 0.29) is 12.3 Å². The Balaban J connectivity index is 2.23. The number of nitrogens with one attached hydrogen (secondary N) is 1. The van der Waals surface area contributed by atoms with E-state index in [9.17, 15) is 9.59 Å². The van der Waals surface area contributed by atoms with Crippen LogP contribution in [0.1, 0.15) is 57.3 Å². The van der Waals surface area contributed by atoms with Gasteiger partial charge in [-0.15, -0.1) is 11.3 Å². The molecule has 2 heterocycles. The number of ether oxygens (including phenoxy) is 1. The number of nitrogens with zero attached hydrogens (tertiary/aromatic N) is 1. The van der Waals surface area contributed by atoms with Crippen LogP contribution in [0.4, 0.5) is 5.00 Å². The third-order valence-corrected chi connectivity index (χ3v) is 4.50. The van der Waals surface area contributed by atoms with Crippen LogP contribution in [0.3, 0.4) is 0 Å². The second-order valence-electron chi connectivity index (χ2n) is 5.09. The smallest absolute Gasteiger partial charge is 0.341 e. The van der Waals surface area contributed by atoms with E-state index >= 15 is 0 Å². The summed E-state index contributed by atoms with van der Waals surface area (Å²) < 4.78 is 10.2. The maximum Gasteiger partial charge on any atom is 0.341 e. The van der Waals surface area contributed by atoms with E-state index in [1.54, 1.807) is 13.0 Å². The van der Waals surface area contributed by atoms with Crippen molar-refractivity contribution in [1.82, 2.24) is 5.16 Å². The summed E-state index contributed by atoms with van der Waals surface area (Å²) in [4.78, 5) is 25.4. The lowest BCUT2D eigenvalue weighted by Gasteiger charge is -2.05. The minimum absolute atomic E-state index is 0.201. The van der Waals surface area contributed by atoms with E-state index in [4.69, 9.17) is 9.26 Å². The Bertz CT molecular complexity index is 718. The molecule has 0 saturated carbocycles. The van der Waals surface area contributed by atoms with E-state index in [1.807, 2.05) is 20.8 Å². The molecule has 0 atom stereocenters. The molecule has 124 valence electrons. The molecule has 0 fully saturated rings. The number of hydrogen-bond acceptors (Lipinski definition) is 6. The van der Waals surface area contributed by atoms with Gasteiger partial charge in [-0.25, -0.2) is 4.79 Å². The third kappa shape index (κ3) is 3.79. The maximum absolute atomic E-state index is 12.3. The summed E-state index contributed by atoms with van der Waals surface area (Å²) in [5.74, 6) is -0.166. The van der Waals surface area contributed by atoms with Crippen molar-refractivity contribution in [1.29, 1.82) is 0 Å². The minimum atomic E-state index is -0.434. The molecule has 2 aromatic heterocycles. The molecule has 0 spiro atoms. The summed E-state index contributed by atoms with van der Waals surface area (Å²) in [6, 6.07) is 1.62. The summed E-state index contributed by atoms with van der Waals surface area (Å²) in [5.41, 5.74) is 1.42. The number of thiophene rings is 1. The molecule has 2 aromatic rings. The van der Waals surface area contributed by atoms with Gasteiger partial charge in [-0.05, 0) is 32.8 Å². The molecule has 0 saturated heterocycles. The average molecular weight is 336 g/mol. The first-order chi connectivity index (χ1) is 11.0. The number of amides is 1. The number of carbonyl (C=O) groups is 2. The quantitative estimate of drug-likeness (QED) is 0.813. The Morgan fingerprint density at radius 3 is 2.74 bits per heavy atom. The molecule has 1 amide bonds. The summed E-state index contributed by atoms with van der Waals surface area (Å²) in [5, 5.41) is 6.99. The summed E-state index contributed by atoms with van der Waals surface area (Å²) in [6.07, 6.45) is 1.64. The van der Waals surface area contributed by atoms with Crippen molar-refractivity contribution in [2.24, 2.45) is 0 Å². The Kier molecular flexibility index (Phi) is 5.54. The molecule has 23 heavy (non-hydrogen) atoms. The number of aryl methyl sites for hydroxylation is 2. The fourth-order valence-electron chi connectivity index (χ4n) is 2.12. The van der Waals surface area contributed by atoms with Gasteiger partial charge in [0.15, 0.2) is 5.69 Å². The second-order valence-corrected chi connectivity index (χ2v) is 6.32. The van der Waals surface area contributed by atoms with Gasteiger partial charge in [-0.3, -0.25) is 4.79 Å². The van der Waals surface area contributed by atoms with Crippen molar-refractivity contribution in [3.63, 3.8) is 0 Å². The van der Waals surface area contributed by atoms with Gasteiger partial charge in [0.05, 0.1) is 12.2 Å². The summed E-state index contributed by atoms with van der Waals surface area (Å²) in [6.45, 7) is 7.78. The summed E-state index contributed by atoms with van der Waals surface area (Å²) in [7, 11) is 0. The van der Waals surface area contributed by atoms with Crippen molar-refractivity contribution < 1.29 is 18.8 Å². The van der Waals surface area contributed by atoms with Gasteiger partial charge in [-0.2, -0.15) is 0 Å². The van der Waals surface area contributed by atoms with Gasteiger partial charge in [-0.1, -0.05) is 12.1 Å². The van der Waals surface area contributed by atoms with E-state index in [1.165, 1.54) is 11.3 Å². The van der Waals surface area contributed by atoms with Crippen LogP contribution in [0.2, 0.25) is 0 Å². The number of rotatable bonds is 6. The van der Waals surface area contributed by atoms with Crippen LogP contribution in [0, 0.1) is 13.8 Å². The zero-order valence-corrected chi connectivity index (χ0v) is 14.5. The number of esters is 1. The monoisotopic (exact) mass is 336 g/mol. The Hall–Kier alpha value is -2.15. The number of carbonyl (C=O) groups excluding carboxylic acids is 2. The van der Waals surface area contributed by atoms with Gasteiger partial charge in [0, 0.05) is 17.4 Å². The maximum atomic E-state index is 12.3. The predicted molar refractivity (Wildman–Crippen MR) is 88.2 cm³/mol. The van der Waals surface area contributed by atoms with Gasteiger partial charge in [0.2, 0.25) is 0 Å². The number of anilines is 1. The molecule has 6 nitrogen and oxygen atoms in total. The van der Waals surface area contributed by atoms with Gasteiger partial charge >= 0.3 is 5.97 Å². The molecule has 0 aliphatic carbocycles. The van der Waals surface area contributed by atoms with E-state index < -0.39 is 11.9 Å². The molecule has 0 bridgehead atoms. The van der Waals surface area contributed by atoms with Crippen molar-refractivity contribution in [3.05, 3.63) is 33.5 Å². The normalized spacial score (nSPS) is 10.6. The van der Waals surface area contributed by atoms with Crippen molar-refractivity contribution >= 4 is 28.2 Å².